The molecule has 0 heterocycles. The summed E-state index contributed by atoms with van der Waals surface area (Å²) in [5, 5.41) is 0. The van der Waals surface area contributed by atoms with Crippen LogP contribution in [-0.2, 0) is 9.47 Å². The molecule has 0 aliphatic rings. The lowest BCUT2D eigenvalue weighted by atomic mass is 10.0. The lowest BCUT2D eigenvalue weighted by molar-refractivity contribution is 0.134. The van der Waals surface area contributed by atoms with E-state index < -0.39 is 0 Å². The van der Waals surface area contributed by atoms with Gasteiger partial charge in [-0.1, -0.05) is 60.7 Å². The molecule has 2 heteroatoms. The molecule has 0 fully saturated rings. The lowest BCUT2D eigenvalue weighted by Crippen LogP contribution is -2.02. The summed E-state index contributed by atoms with van der Waals surface area (Å²) in [6, 6.07) is 20.5. The second-order valence-electron chi connectivity index (χ2n) is 4.72. The van der Waals surface area contributed by atoms with Gasteiger partial charge in [0.1, 0.15) is 6.10 Å². The molecule has 0 radical (unpaired) electrons. The minimum Gasteiger partial charge on any atom is -0.382 e. The Morgan fingerprint density at radius 1 is 0.650 bits per heavy atom. The van der Waals surface area contributed by atoms with Crippen molar-refractivity contribution < 1.29 is 9.47 Å². The molecule has 2 rings (SSSR count). The molecule has 0 aliphatic heterocycles. The fraction of sp³-hybridized carbons (Fsp3) is 0.333. The molecule has 108 valence electrons. The number of ether oxygens (including phenoxy) is 2. The zero-order valence-corrected chi connectivity index (χ0v) is 12.7. The molecule has 0 unspecified atom stereocenters. The molecule has 20 heavy (non-hydrogen) atoms. The van der Waals surface area contributed by atoms with Crippen LogP contribution in [0, 0.1) is 0 Å². The Kier molecular flexibility index (Phi) is 7.63. The largest absolute Gasteiger partial charge is 0.382 e. The molecule has 0 saturated heterocycles. The fourth-order valence-corrected chi connectivity index (χ4v) is 1.72. The number of methoxy groups -OCH3 is 2. The Hall–Kier alpha value is -1.64. The van der Waals surface area contributed by atoms with Crippen molar-refractivity contribution in [3.63, 3.8) is 0 Å². The highest BCUT2D eigenvalue weighted by Crippen LogP contribution is 2.24. The first-order valence-corrected chi connectivity index (χ1v) is 6.84. The summed E-state index contributed by atoms with van der Waals surface area (Å²) in [6.45, 7) is 4.00. The van der Waals surface area contributed by atoms with Crippen molar-refractivity contribution in [1.29, 1.82) is 0 Å². The smallest absolute Gasteiger partial charge is 0.107 e. The first kappa shape index (κ1) is 16.4. The number of hydrogen-bond acceptors (Lipinski definition) is 2. The second kappa shape index (κ2) is 9.29. The SMILES string of the molecule is COC(C)C.COC(c1ccccc1)c1ccccc1. The van der Waals surface area contributed by atoms with E-state index in [0.717, 1.165) is 0 Å². The standard InChI is InChI=1S/C14H14O.C4H10O/c1-15-14(12-8-4-2-5-9-12)13-10-6-3-7-11-13;1-4(2)5-3/h2-11,14H,1H3;4H,1-3H3. The summed E-state index contributed by atoms with van der Waals surface area (Å²) in [5.41, 5.74) is 2.37. The Labute approximate surface area is 122 Å². The van der Waals surface area contributed by atoms with Crippen LogP contribution < -0.4 is 0 Å². The molecule has 2 nitrogen and oxygen atoms in total. The van der Waals surface area contributed by atoms with Crippen molar-refractivity contribution in [1.82, 2.24) is 0 Å². The molecule has 0 aromatic heterocycles. The highest BCUT2D eigenvalue weighted by atomic mass is 16.5. The van der Waals surface area contributed by atoms with Gasteiger partial charge in [-0.2, -0.15) is 0 Å². The van der Waals surface area contributed by atoms with Gasteiger partial charge in [0.05, 0.1) is 6.10 Å². The van der Waals surface area contributed by atoms with Crippen molar-refractivity contribution in [2.45, 2.75) is 26.1 Å². The van der Waals surface area contributed by atoms with Crippen molar-refractivity contribution in [3.05, 3.63) is 71.8 Å². The summed E-state index contributed by atoms with van der Waals surface area (Å²) in [7, 11) is 3.44. The van der Waals surface area contributed by atoms with Crippen LogP contribution in [0.4, 0.5) is 0 Å². The third-order valence-electron chi connectivity index (χ3n) is 2.91. The van der Waals surface area contributed by atoms with E-state index in [-0.39, 0.29) is 6.10 Å². The average Bonchev–Trinajstić information content (AvgIpc) is 2.51. The maximum atomic E-state index is 5.52. The van der Waals surface area contributed by atoms with Gasteiger partial charge in [0.15, 0.2) is 0 Å². The Morgan fingerprint density at radius 2 is 1.00 bits per heavy atom. The monoisotopic (exact) mass is 272 g/mol. The third-order valence-corrected chi connectivity index (χ3v) is 2.91. The molecule has 2 aromatic carbocycles. The van der Waals surface area contributed by atoms with E-state index in [4.69, 9.17) is 9.47 Å². The molecule has 0 bridgehead atoms. The predicted molar refractivity (Wildman–Crippen MR) is 83.9 cm³/mol. The van der Waals surface area contributed by atoms with Crippen LogP contribution in [0.2, 0.25) is 0 Å². The first-order valence-electron chi connectivity index (χ1n) is 6.84. The first-order chi connectivity index (χ1) is 9.69. The van der Waals surface area contributed by atoms with Crippen LogP contribution >= 0.6 is 0 Å². The van der Waals surface area contributed by atoms with E-state index in [1.54, 1.807) is 14.2 Å². The maximum Gasteiger partial charge on any atom is 0.107 e. The quantitative estimate of drug-likeness (QED) is 0.818. The summed E-state index contributed by atoms with van der Waals surface area (Å²) in [5.74, 6) is 0. The summed E-state index contributed by atoms with van der Waals surface area (Å²) in [6.07, 6.45) is 0.419. The molecule has 0 saturated carbocycles. The molecular formula is C18H24O2. The van der Waals surface area contributed by atoms with E-state index in [0.29, 0.717) is 6.10 Å². The lowest BCUT2D eigenvalue weighted by Gasteiger charge is -2.15. The fourth-order valence-electron chi connectivity index (χ4n) is 1.72. The third kappa shape index (κ3) is 5.55. The zero-order valence-electron chi connectivity index (χ0n) is 12.7. The molecule has 0 N–H and O–H groups in total. The molecule has 2 aromatic rings. The highest BCUT2D eigenvalue weighted by molar-refractivity contribution is 5.29. The van der Waals surface area contributed by atoms with Gasteiger partial charge in [0.2, 0.25) is 0 Å². The average molecular weight is 272 g/mol. The van der Waals surface area contributed by atoms with Crippen LogP contribution in [0.25, 0.3) is 0 Å². The van der Waals surface area contributed by atoms with Gasteiger partial charge < -0.3 is 9.47 Å². The summed E-state index contributed by atoms with van der Waals surface area (Å²) >= 11 is 0. The van der Waals surface area contributed by atoms with Crippen molar-refractivity contribution in [2.24, 2.45) is 0 Å². The topological polar surface area (TPSA) is 18.5 Å². The van der Waals surface area contributed by atoms with Gasteiger partial charge >= 0.3 is 0 Å². The van der Waals surface area contributed by atoms with Crippen LogP contribution in [0.1, 0.15) is 31.1 Å². The van der Waals surface area contributed by atoms with Gasteiger partial charge in [-0.15, -0.1) is 0 Å². The minimum absolute atomic E-state index is 0.0346. The van der Waals surface area contributed by atoms with Crippen molar-refractivity contribution >= 4 is 0 Å². The Balaban J connectivity index is 0.000000347. The number of hydrogen-bond donors (Lipinski definition) is 0. The van der Waals surface area contributed by atoms with Gasteiger partial charge in [-0.05, 0) is 25.0 Å². The Morgan fingerprint density at radius 3 is 1.25 bits per heavy atom. The van der Waals surface area contributed by atoms with E-state index in [2.05, 4.69) is 24.3 Å². The van der Waals surface area contributed by atoms with Crippen LogP contribution in [0.3, 0.4) is 0 Å². The van der Waals surface area contributed by atoms with Crippen LogP contribution in [0.5, 0.6) is 0 Å². The minimum atomic E-state index is 0.0346. The molecule has 0 atom stereocenters. The van der Waals surface area contributed by atoms with E-state index in [1.165, 1.54) is 11.1 Å². The number of benzene rings is 2. The van der Waals surface area contributed by atoms with E-state index >= 15 is 0 Å². The number of rotatable bonds is 4. The summed E-state index contributed by atoms with van der Waals surface area (Å²) < 4.78 is 10.3. The van der Waals surface area contributed by atoms with Gasteiger partial charge in [-0.25, -0.2) is 0 Å². The van der Waals surface area contributed by atoms with Crippen molar-refractivity contribution in [3.8, 4) is 0 Å². The maximum absolute atomic E-state index is 5.52. The van der Waals surface area contributed by atoms with Crippen LogP contribution in [0.15, 0.2) is 60.7 Å². The molecule has 0 amide bonds. The van der Waals surface area contributed by atoms with E-state index in [1.807, 2.05) is 50.2 Å². The summed E-state index contributed by atoms with van der Waals surface area (Å²) in [4.78, 5) is 0. The normalized spacial score (nSPS) is 10.3. The second-order valence-corrected chi connectivity index (χ2v) is 4.72. The van der Waals surface area contributed by atoms with Crippen molar-refractivity contribution in [2.75, 3.05) is 14.2 Å². The van der Waals surface area contributed by atoms with Gasteiger partial charge in [-0.3, -0.25) is 0 Å². The van der Waals surface area contributed by atoms with E-state index in [9.17, 15) is 0 Å². The molecular weight excluding hydrogens is 248 g/mol. The zero-order chi connectivity index (χ0) is 14.8. The Bertz CT molecular complexity index is 412. The van der Waals surface area contributed by atoms with Crippen LogP contribution in [-0.4, -0.2) is 20.3 Å². The predicted octanol–water partition coefficient (Wildman–Crippen LogP) is 4.46. The molecule has 0 aliphatic carbocycles. The highest BCUT2D eigenvalue weighted by Gasteiger charge is 2.11. The molecule has 0 spiro atoms. The van der Waals surface area contributed by atoms with Gasteiger partial charge in [0.25, 0.3) is 0 Å². The van der Waals surface area contributed by atoms with Gasteiger partial charge in [0, 0.05) is 14.2 Å².